The van der Waals surface area contributed by atoms with Crippen LogP contribution in [0.15, 0.2) is 6.07 Å². The summed E-state index contributed by atoms with van der Waals surface area (Å²) in [6.07, 6.45) is -2.77. The number of halogens is 3. The molecule has 0 aromatic carbocycles. The normalized spacial score (nSPS) is 10.6. The van der Waals surface area contributed by atoms with Gasteiger partial charge >= 0.3 is 5.97 Å². The predicted molar refractivity (Wildman–Crippen MR) is 54.9 cm³/mol. The Bertz CT molecular complexity index is 410. The summed E-state index contributed by atoms with van der Waals surface area (Å²) in [5.74, 6) is -0.675. The van der Waals surface area contributed by atoms with Gasteiger partial charge in [-0.25, -0.2) is 18.6 Å². The zero-order valence-corrected chi connectivity index (χ0v) is 9.52. The first-order valence-electron chi connectivity index (χ1n) is 4.59. The van der Waals surface area contributed by atoms with Crippen LogP contribution < -0.4 is 0 Å². The van der Waals surface area contributed by atoms with Crippen molar-refractivity contribution in [3.8, 4) is 0 Å². The molecule has 88 valence electrons. The molecule has 1 aromatic rings. The number of aromatic nitrogens is 1. The van der Waals surface area contributed by atoms with E-state index in [0.29, 0.717) is 5.56 Å². The summed E-state index contributed by atoms with van der Waals surface area (Å²) in [4.78, 5) is 14.9. The third-order valence-corrected chi connectivity index (χ3v) is 2.32. The summed E-state index contributed by atoms with van der Waals surface area (Å²) in [5.41, 5.74) is -0.166. The van der Waals surface area contributed by atoms with Crippen LogP contribution in [0.2, 0.25) is 5.15 Å². The summed E-state index contributed by atoms with van der Waals surface area (Å²) < 4.78 is 29.6. The van der Waals surface area contributed by atoms with Crippen LogP contribution in [0.4, 0.5) is 8.78 Å². The van der Waals surface area contributed by atoms with Crippen molar-refractivity contribution < 1.29 is 18.3 Å². The Morgan fingerprint density at radius 3 is 2.75 bits per heavy atom. The van der Waals surface area contributed by atoms with Crippen LogP contribution in [-0.4, -0.2) is 17.6 Å². The van der Waals surface area contributed by atoms with E-state index in [2.05, 4.69) is 4.98 Å². The van der Waals surface area contributed by atoms with Crippen molar-refractivity contribution in [1.82, 2.24) is 4.98 Å². The highest BCUT2D eigenvalue weighted by atomic mass is 35.5. The molecule has 1 heterocycles. The summed E-state index contributed by atoms with van der Waals surface area (Å²) in [5, 5.41) is -0.110. The van der Waals surface area contributed by atoms with Crippen molar-refractivity contribution in [2.45, 2.75) is 20.3 Å². The molecule has 0 aliphatic heterocycles. The first-order valence-corrected chi connectivity index (χ1v) is 4.97. The quantitative estimate of drug-likeness (QED) is 0.610. The molecule has 0 saturated carbocycles. The summed E-state index contributed by atoms with van der Waals surface area (Å²) in [7, 11) is 0. The number of esters is 1. The van der Waals surface area contributed by atoms with Gasteiger partial charge in [0.1, 0.15) is 10.8 Å². The van der Waals surface area contributed by atoms with Crippen molar-refractivity contribution >= 4 is 17.6 Å². The molecular weight excluding hydrogens is 240 g/mol. The van der Waals surface area contributed by atoms with Gasteiger partial charge in [-0.15, -0.1) is 0 Å². The number of hydrogen-bond acceptors (Lipinski definition) is 3. The topological polar surface area (TPSA) is 39.2 Å². The average molecular weight is 250 g/mol. The van der Waals surface area contributed by atoms with Gasteiger partial charge in [-0.3, -0.25) is 0 Å². The van der Waals surface area contributed by atoms with E-state index in [1.807, 2.05) is 0 Å². The second-order valence-corrected chi connectivity index (χ2v) is 3.39. The molecule has 0 saturated heterocycles. The number of rotatable bonds is 3. The van der Waals surface area contributed by atoms with E-state index in [9.17, 15) is 13.6 Å². The first kappa shape index (κ1) is 12.8. The lowest BCUT2D eigenvalue weighted by Gasteiger charge is -2.08. The van der Waals surface area contributed by atoms with E-state index in [-0.39, 0.29) is 17.3 Å². The molecule has 0 N–H and O–H groups in total. The Kier molecular flexibility index (Phi) is 4.18. The number of ether oxygens (including phenoxy) is 1. The van der Waals surface area contributed by atoms with Crippen molar-refractivity contribution in [3.05, 3.63) is 28.0 Å². The van der Waals surface area contributed by atoms with Crippen molar-refractivity contribution in [3.63, 3.8) is 0 Å². The molecule has 0 spiro atoms. The summed E-state index contributed by atoms with van der Waals surface area (Å²) in [6.45, 7) is 3.32. The highest BCUT2D eigenvalue weighted by molar-refractivity contribution is 6.30. The van der Waals surface area contributed by atoms with Crippen molar-refractivity contribution in [1.29, 1.82) is 0 Å². The van der Waals surface area contributed by atoms with Gasteiger partial charge < -0.3 is 4.74 Å². The molecule has 3 nitrogen and oxygen atoms in total. The van der Waals surface area contributed by atoms with E-state index in [1.165, 1.54) is 6.92 Å². The van der Waals surface area contributed by atoms with Crippen LogP contribution in [0, 0.1) is 6.92 Å². The second kappa shape index (κ2) is 5.21. The highest BCUT2D eigenvalue weighted by Crippen LogP contribution is 2.24. The molecule has 0 bridgehead atoms. The molecule has 0 amide bonds. The summed E-state index contributed by atoms with van der Waals surface area (Å²) in [6, 6.07) is 1.00. The van der Waals surface area contributed by atoms with Crippen LogP contribution in [0.5, 0.6) is 0 Å². The second-order valence-electron chi connectivity index (χ2n) is 3.03. The molecule has 1 rings (SSSR count). The first-order chi connectivity index (χ1) is 7.47. The van der Waals surface area contributed by atoms with Crippen molar-refractivity contribution in [2.24, 2.45) is 0 Å². The van der Waals surface area contributed by atoms with Crippen LogP contribution in [0.1, 0.15) is 35.0 Å². The van der Waals surface area contributed by atoms with E-state index in [0.717, 1.165) is 6.07 Å². The number of carbonyl (C=O) groups is 1. The molecule has 16 heavy (non-hydrogen) atoms. The van der Waals surface area contributed by atoms with Crippen LogP contribution >= 0.6 is 11.6 Å². The lowest BCUT2D eigenvalue weighted by atomic mass is 10.1. The zero-order valence-electron chi connectivity index (χ0n) is 8.76. The van der Waals surface area contributed by atoms with Crippen LogP contribution in [0.25, 0.3) is 0 Å². The molecule has 6 heteroatoms. The van der Waals surface area contributed by atoms with Gasteiger partial charge in [0.25, 0.3) is 6.43 Å². The molecule has 0 aliphatic rings. The van der Waals surface area contributed by atoms with Gasteiger partial charge in [-0.05, 0) is 19.9 Å². The average Bonchev–Trinajstić information content (AvgIpc) is 2.21. The maximum Gasteiger partial charge on any atom is 0.338 e. The summed E-state index contributed by atoms with van der Waals surface area (Å²) >= 11 is 5.66. The molecule has 0 atom stereocenters. The van der Waals surface area contributed by atoms with E-state index in [1.54, 1.807) is 6.92 Å². The lowest BCUT2D eigenvalue weighted by molar-refractivity contribution is 0.0524. The number of hydrogen-bond donors (Lipinski definition) is 0. The Morgan fingerprint density at radius 2 is 2.25 bits per heavy atom. The molecular formula is C10H10ClF2NO2. The van der Waals surface area contributed by atoms with E-state index in [4.69, 9.17) is 16.3 Å². The Hall–Kier alpha value is -1.23. The number of carbonyl (C=O) groups excluding carboxylic acids is 1. The van der Waals surface area contributed by atoms with E-state index >= 15 is 0 Å². The minimum absolute atomic E-state index is 0.0251. The lowest BCUT2D eigenvalue weighted by Crippen LogP contribution is -2.09. The Labute approximate surface area is 96.4 Å². The number of nitrogens with zero attached hydrogens (tertiary/aromatic N) is 1. The van der Waals surface area contributed by atoms with Crippen LogP contribution in [-0.2, 0) is 4.74 Å². The van der Waals surface area contributed by atoms with Gasteiger partial charge in [-0.1, -0.05) is 11.6 Å². The molecule has 1 aromatic heterocycles. The van der Waals surface area contributed by atoms with Crippen LogP contribution in [0.3, 0.4) is 0 Å². The SMILES string of the molecule is CCOC(=O)c1cc(C(F)F)nc(Cl)c1C. The van der Waals surface area contributed by atoms with E-state index < -0.39 is 18.1 Å². The van der Waals surface area contributed by atoms with Gasteiger partial charge in [-0.2, -0.15) is 0 Å². The molecule has 0 radical (unpaired) electrons. The number of pyridine rings is 1. The molecule has 0 aliphatic carbocycles. The fourth-order valence-corrected chi connectivity index (χ4v) is 1.33. The Morgan fingerprint density at radius 1 is 1.62 bits per heavy atom. The standard InChI is InChI=1S/C10H10ClF2NO2/c1-3-16-10(15)6-4-7(9(12)13)14-8(11)5(6)2/h4,9H,3H2,1-2H3. The maximum absolute atomic E-state index is 12.4. The largest absolute Gasteiger partial charge is 0.462 e. The third kappa shape index (κ3) is 2.66. The predicted octanol–water partition coefficient (Wildman–Crippen LogP) is 3.16. The minimum atomic E-state index is -2.77. The molecule has 0 fully saturated rings. The fraction of sp³-hybridized carbons (Fsp3) is 0.400. The maximum atomic E-state index is 12.4. The van der Waals surface area contributed by atoms with Gasteiger partial charge in [0.15, 0.2) is 0 Å². The van der Waals surface area contributed by atoms with Gasteiger partial charge in [0.05, 0.1) is 12.2 Å². The highest BCUT2D eigenvalue weighted by Gasteiger charge is 2.19. The smallest absolute Gasteiger partial charge is 0.338 e. The Balaban J connectivity index is 3.21. The molecule has 0 unspecified atom stereocenters. The zero-order chi connectivity index (χ0) is 12.3. The van der Waals surface area contributed by atoms with Gasteiger partial charge in [0, 0.05) is 5.56 Å². The third-order valence-electron chi connectivity index (χ3n) is 1.95. The number of alkyl halides is 2. The van der Waals surface area contributed by atoms with Gasteiger partial charge in [0.2, 0.25) is 0 Å². The monoisotopic (exact) mass is 249 g/mol. The van der Waals surface area contributed by atoms with Crippen molar-refractivity contribution in [2.75, 3.05) is 6.61 Å². The minimum Gasteiger partial charge on any atom is -0.462 e. The fourth-order valence-electron chi connectivity index (χ4n) is 1.13.